The molecule has 0 amide bonds. The minimum absolute atomic E-state index is 0.0222. The lowest BCUT2D eigenvalue weighted by Gasteiger charge is -2.30. The van der Waals surface area contributed by atoms with Crippen LogP contribution < -0.4 is 14.9 Å². The molecular formula is C27H19N3O3S. The highest BCUT2D eigenvalue weighted by molar-refractivity contribution is 7.07. The first kappa shape index (κ1) is 20.5. The van der Waals surface area contributed by atoms with Gasteiger partial charge in [-0.2, -0.15) is 0 Å². The van der Waals surface area contributed by atoms with Crippen LogP contribution in [0.2, 0.25) is 0 Å². The maximum atomic E-state index is 13.6. The minimum Gasteiger partial charge on any atom is -0.272 e. The van der Waals surface area contributed by atoms with E-state index >= 15 is 0 Å². The molecule has 2 aliphatic rings. The highest BCUT2D eigenvalue weighted by Gasteiger charge is 2.32. The maximum Gasteiger partial charge on any atom is 0.271 e. The summed E-state index contributed by atoms with van der Waals surface area (Å²) in [5.74, 6) is 0. The second-order valence-electron chi connectivity index (χ2n) is 8.37. The molecule has 0 saturated carbocycles. The number of hydrogen-bond acceptors (Lipinski definition) is 5. The Kier molecular flexibility index (Phi) is 4.85. The molecule has 1 aromatic heterocycles. The Morgan fingerprint density at radius 2 is 1.71 bits per heavy atom. The van der Waals surface area contributed by atoms with Crippen molar-refractivity contribution in [2.75, 3.05) is 0 Å². The summed E-state index contributed by atoms with van der Waals surface area (Å²) in [6.45, 7) is 0. The van der Waals surface area contributed by atoms with E-state index in [4.69, 9.17) is 4.99 Å². The van der Waals surface area contributed by atoms with Gasteiger partial charge in [0.1, 0.15) is 0 Å². The van der Waals surface area contributed by atoms with Gasteiger partial charge in [0.25, 0.3) is 11.2 Å². The van der Waals surface area contributed by atoms with Crippen molar-refractivity contribution in [1.82, 2.24) is 4.57 Å². The van der Waals surface area contributed by atoms with E-state index in [1.54, 1.807) is 18.2 Å². The van der Waals surface area contributed by atoms with Gasteiger partial charge in [-0.15, -0.1) is 0 Å². The number of nitro groups is 1. The van der Waals surface area contributed by atoms with Crippen molar-refractivity contribution in [2.24, 2.45) is 4.99 Å². The third-order valence-corrected chi connectivity index (χ3v) is 7.37. The van der Waals surface area contributed by atoms with Gasteiger partial charge < -0.3 is 0 Å². The molecule has 1 atom stereocenters. The first-order valence-corrected chi connectivity index (χ1v) is 11.8. The summed E-state index contributed by atoms with van der Waals surface area (Å²) in [6.07, 6.45) is 3.55. The number of hydrogen-bond donors (Lipinski definition) is 0. The van der Waals surface area contributed by atoms with Crippen molar-refractivity contribution in [1.29, 1.82) is 0 Å². The molecule has 166 valence electrons. The molecule has 0 bridgehead atoms. The molecular weight excluding hydrogens is 446 g/mol. The van der Waals surface area contributed by atoms with E-state index in [-0.39, 0.29) is 17.3 Å². The van der Waals surface area contributed by atoms with Crippen LogP contribution in [0.15, 0.2) is 94.2 Å². The number of nitrogens with zero attached hydrogens (tertiary/aromatic N) is 3. The number of benzene rings is 3. The summed E-state index contributed by atoms with van der Waals surface area (Å²) in [4.78, 5) is 29.8. The van der Waals surface area contributed by atoms with Crippen LogP contribution in [0.5, 0.6) is 0 Å². The van der Waals surface area contributed by atoms with Crippen LogP contribution in [0, 0.1) is 10.1 Å². The quantitative estimate of drug-likeness (QED) is 0.336. The van der Waals surface area contributed by atoms with Crippen molar-refractivity contribution in [3.8, 4) is 0 Å². The summed E-state index contributed by atoms with van der Waals surface area (Å²) in [6, 6.07) is 24.5. The van der Waals surface area contributed by atoms with Gasteiger partial charge in [0.05, 0.1) is 21.2 Å². The lowest BCUT2D eigenvalue weighted by molar-refractivity contribution is -0.384. The van der Waals surface area contributed by atoms with Gasteiger partial charge in [-0.25, -0.2) is 4.99 Å². The van der Waals surface area contributed by atoms with Gasteiger partial charge >= 0.3 is 0 Å². The van der Waals surface area contributed by atoms with Gasteiger partial charge in [-0.1, -0.05) is 65.9 Å². The number of allylic oxidation sites excluding steroid dienone is 1. The molecule has 1 aliphatic heterocycles. The lowest BCUT2D eigenvalue weighted by Crippen LogP contribution is -2.38. The zero-order chi connectivity index (χ0) is 23.2. The zero-order valence-corrected chi connectivity index (χ0v) is 18.9. The number of thiazole rings is 1. The molecule has 0 fully saturated rings. The summed E-state index contributed by atoms with van der Waals surface area (Å²) in [7, 11) is 0. The highest BCUT2D eigenvalue weighted by Crippen LogP contribution is 2.41. The van der Waals surface area contributed by atoms with Gasteiger partial charge in [0.15, 0.2) is 4.80 Å². The standard InChI is InChI=1S/C27H19N3O3S/c31-26-23(16-17-10-13-20(14-11-17)30(32)33)34-27-28-24-21-9-5-4-6-18(21)12-15-22(24)25(29(26)27)19-7-2-1-3-8-19/h1-11,13-14,16,25H,12,15H2/b23-16-/t25-/m1/s1. The largest absolute Gasteiger partial charge is 0.272 e. The summed E-state index contributed by atoms with van der Waals surface area (Å²) in [5, 5.41) is 11.0. The monoisotopic (exact) mass is 465 g/mol. The first-order valence-electron chi connectivity index (χ1n) is 11.0. The molecule has 34 heavy (non-hydrogen) atoms. The van der Waals surface area contributed by atoms with Crippen molar-refractivity contribution in [3.63, 3.8) is 0 Å². The number of nitro benzene ring substituents is 1. The molecule has 1 aliphatic carbocycles. The van der Waals surface area contributed by atoms with Crippen molar-refractivity contribution >= 4 is 28.8 Å². The molecule has 7 heteroatoms. The Balaban J connectivity index is 1.58. The highest BCUT2D eigenvalue weighted by atomic mass is 32.1. The lowest BCUT2D eigenvalue weighted by atomic mass is 9.83. The van der Waals surface area contributed by atoms with Crippen LogP contribution >= 0.6 is 11.3 Å². The van der Waals surface area contributed by atoms with Crippen LogP contribution in [0.4, 0.5) is 5.69 Å². The summed E-state index contributed by atoms with van der Waals surface area (Å²) >= 11 is 1.36. The Bertz CT molecular complexity index is 1650. The van der Waals surface area contributed by atoms with Gasteiger partial charge in [0, 0.05) is 17.7 Å². The van der Waals surface area contributed by atoms with Gasteiger partial charge in [-0.05, 0) is 53.3 Å². The average molecular weight is 466 g/mol. The molecule has 0 N–H and O–H groups in total. The molecule has 0 spiro atoms. The molecule has 3 aromatic carbocycles. The van der Waals surface area contributed by atoms with Crippen LogP contribution in [-0.2, 0) is 6.42 Å². The van der Waals surface area contributed by atoms with E-state index in [1.807, 2.05) is 28.8 Å². The number of rotatable bonds is 3. The smallest absolute Gasteiger partial charge is 0.271 e. The topological polar surface area (TPSA) is 77.5 Å². The molecule has 0 radical (unpaired) electrons. The van der Waals surface area contributed by atoms with E-state index in [0.717, 1.165) is 35.2 Å². The fourth-order valence-electron chi connectivity index (χ4n) is 4.80. The summed E-state index contributed by atoms with van der Waals surface area (Å²) < 4.78 is 2.37. The van der Waals surface area contributed by atoms with Crippen LogP contribution in [0.25, 0.3) is 11.8 Å². The number of fused-ring (bicyclic) bond motifs is 3. The van der Waals surface area contributed by atoms with Crippen molar-refractivity contribution < 1.29 is 4.92 Å². The maximum absolute atomic E-state index is 13.6. The van der Waals surface area contributed by atoms with Crippen molar-refractivity contribution in [2.45, 2.75) is 18.9 Å². The summed E-state index contributed by atoms with van der Waals surface area (Å²) in [5.41, 5.74) is 6.28. The van der Waals surface area contributed by atoms with Crippen molar-refractivity contribution in [3.05, 3.63) is 136 Å². The van der Waals surface area contributed by atoms with E-state index in [1.165, 1.54) is 34.6 Å². The number of aromatic nitrogens is 1. The Hall–Kier alpha value is -4.10. The van der Waals surface area contributed by atoms with Crippen LogP contribution in [-0.4, -0.2) is 9.49 Å². The molecule has 6 rings (SSSR count). The SMILES string of the molecule is O=c1/c(=C/c2ccc([N+](=O)[O-])cc2)sc2n1[C@H](c1ccccc1)C1=C(N=2)c2ccccc2CC1. The van der Waals surface area contributed by atoms with E-state index < -0.39 is 4.92 Å². The van der Waals surface area contributed by atoms with Gasteiger partial charge in [0.2, 0.25) is 0 Å². The van der Waals surface area contributed by atoms with E-state index in [0.29, 0.717) is 9.33 Å². The van der Waals surface area contributed by atoms with Crippen LogP contribution in [0.1, 0.15) is 34.7 Å². The second kappa shape index (κ2) is 8.04. The minimum atomic E-state index is -0.431. The van der Waals surface area contributed by atoms with E-state index in [9.17, 15) is 14.9 Å². The predicted molar refractivity (Wildman–Crippen MR) is 132 cm³/mol. The Morgan fingerprint density at radius 3 is 2.47 bits per heavy atom. The third-order valence-electron chi connectivity index (χ3n) is 6.39. The molecule has 6 nitrogen and oxygen atoms in total. The van der Waals surface area contributed by atoms with E-state index in [2.05, 4.69) is 30.3 Å². The zero-order valence-electron chi connectivity index (χ0n) is 18.0. The number of non-ortho nitro benzene ring substituents is 1. The first-order chi connectivity index (χ1) is 16.6. The fraction of sp³-hybridized carbons (Fsp3) is 0.111. The Morgan fingerprint density at radius 1 is 0.971 bits per heavy atom. The molecule has 4 aromatic rings. The third kappa shape index (κ3) is 3.33. The molecule has 0 unspecified atom stereocenters. The fourth-order valence-corrected chi connectivity index (χ4v) is 5.80. The van der Waals surface area contributed by atoms with Gasteiger partial charge in [-0.3, -0.25) is 19.5 Å². The molecule has 2 heterocycles. The second-order valence-corrected chi connectivity index (χ2v) is 9.38. The average Bonchev–Trinajstić information content (AvgIpc) is 3.18. The number of aryl methyl sites for hydroxylation is 1. The normalized spacial score (nSPS) is 16.9. The predicted octanol–water partition coefficient (Wildman–Crippen LogP) is 4.23. The molecule has 0 saturated heterocycles. The van der Waals surface area contributed by atoms with Crippen LogP contribution in [0.3, 0.4) is 0 Å². The Labute approximate surface area is 198 Å².